The second kappa shape index (κ2) is 5.28. The maximum absolute atomic E-state index is 7.88. The third kappa shape index (κ3) is 4.28. The zero-order valence-corrected chi connectivity index (χ0v) is 4.05. The first-order chi connectivity index (χ1) is 3.91. The Kier molecular flexibility index (Phi) is 4.14. The molecule has 0 aliphatic rings. The minimum Gasteiger partial charge on any atom is -0.193 e. The highest BCUT2D eigenvalue weighted by molar-refractivity contribution is 5.27. The van der Waals surface area contributed by atoms with Crippen molar-refractivity contribution in [3.63, 3.8) is 0 Å². The van der Waals surface area contributed by atoms with Gasteiger partial charge >= 0.3 is 0 Å². The van der Waals surface area contributed by atoms with Crippen LogP contribution in [0.3, 0.4) is 0 Å². The summed E-state index contributed by atoms with van der Waals surface area (Å²) in [5, 5.41) is 15.7. The van der Waals surface area contributed by atoms with Crippen LogP contribution in [-0.4, -0.2) is 0 Å². The van der Waals surface area contributed by atoms with Crippen molar-refractivity contribution in [2.24, 2.45) is 0 Å². The summed E-state index contributed by atoms with van der Waals surface area (Å²) in [5.41, 5.74) is 0. The molecule has 0 aliphatic heterocycles. The smallest absolute Gasteiger partial charge is 0.152 e. The molecule has 0 radical (unpaired) electrons. The minimum absolute atomic E-state index is 1.21. The van der Waals surface area contributed by atoms with Gasteiger partial charge in [0.15, 0.2) is 6.07 Å². The van der Waals surface area contributed by atoms with E-state index >= 15 is 0 Å². The van der Waals surface area contributed by atoms with Crippen molar-refractivity contribution in [2.75, 3.05) is 0 Å². The Hall–Kier alpha value is -1.72. The standard InChI is InChI=1S/C6H2N2/c7-5-3-1-2-4-6-8/h1,3H/b3-1+. The van der Waals surface area contributed by atoms with E-state index in [1.807, 2.05) is 0 Å². The Labute approximate surface area is 47.7 Å². The summed E-state index contributed by atoms with van der Waals surface area (Å²) in [6.45, 7) is 0. The van der Waals surface area contributed by atoms with Crippen molar-refractivity contribution < 1.29 is 0 Å². The molecule has 0 bridgehead atoms. The van der Waals surface area contributed by atoms with E-state index in [4.69, 9.17) is 10.5 Å². The molecule has 8 heavy (non-hydrogen) atoms. The molecule has 0 N–H and O–H groups in total. The molecule has 0 spiro atoms. The van der Waals surface area contributed by atoms with Gasteiger partial charge in [0.25, 0.3) is 0 Å². The van der Waals surface area contributed by atoms with E-state index in [0.29, 0.717) is 0 Å². The Balaban J connectivity index is 3.67. The maximum Gasteiger partial charge on any atom is 0.152 e. The van der Waals surface area contributed by atoms with Crippen LogP contribution in [-0.2, 0) is 0 Å². The van der Waals surface area contributed by atoms with Crippen LogP contribution in [0.2, 0.25) is 0 Å². The van der Waals surface area contributed by atoms with Gasteiger partial charge in [-0.2, -0.15) is 10.5 Å². The van der Waals surface area contributed by atoms with Crippen LogP contribution < -0.4 is 0 Å². The molecule has 0 aliphatic carbocycles. The van der Waals surface area contributed by atoms with Gasteiger partial charge in [-0.25, -0.2) is 0 Å². The van der Waals surface area contributed by atoms with Gasteiger partial charge in [-0.15, -0.1) is 0 Å². The molecular formula is C6H2N2. The van der Waals surface area contributed by atoms with Crippen LogP contribution in [0.1, 0.15) is 0 Å². The average molecular weight is 102 g/mol. The fourth-order valence-electron chi connectivity index (χ4n) is 0.153. The lowest BCUT2D eigenvalue weighted by Gasteiger charge is -1.53. The van der Waals surface area contributed by atoms with Gasteiger partial charge in [-0.3, -0.25) is 0 Å². The molecule has 0 unspecified atom stereocenters. The number of nitrogens with zero attached hydrogens (tertiary/aromatic N) is 2. The van der Waals surface area contributed by atoms with E-state index in [2.05, 4.69) is 11.8 Å². The molecule has 0 aromatic carbocycles. The highest BCUT2D eigenvalue weighted by Gasteiger charge is 1.56. The van der Waals surface area contributed by atoms with Gasteiger partial charge in [0.05, 0.1) is 6.07 Å². The molecule has 0 saturated carbocycles. The fraction of sp³-hybridized carbons (Fsp3) is 0. The predicted octanol–water partition coefficient (Wildman–Crippen LogP) is 0.593. The monoisotopic (exact) mass is 102 g/mol. The predicted molar refractivity (Wildman–Crippen MR) is 28.1 cm³/mol. The average Bonchev–Trinajstić information content (AvgIpc) is 1.81. The zero-order valence-electron chi connectivity index (χ0n) is 4.05. The third-order valence-electron chi connectivity index (χ3n) is 0.369. The number of rotatable bonds is 0. The molecule has 0 aromatic rings. The van der Waals surface area contributed by atoms with Gasteiger partial charge in [-0.1, -0.05) is 5.92 Å². The van der Waals surface area contributed by atoms with Crippen LogP contribution >= 0.6 is 0 Å². The first-order valence-corrected chi connectivity index (χ1v) is 1.86. The quantitative estimate of drug-likeness (QED) is 0.332. The van der Waals surface area contributed by atoms with Crippen molar-refractivity contribution in [3.8, 4) is 24.0 Å². The number of hydrogen-bond acceptors (Lipinski definition) is 2. The number of nitriles is 2. The van der Waals surface area contributed by atoms with Crippen LogP contribution in [0.4, 0.5) is 0 Å². The van der Waals surface area contributed by atoms with E-state index in [1.165, 1.54) is 12.2 Å². The summed E-state index contributed by atoms with van der Waals surface area (Å²) in [4.78, 5) is 0. The summed E-state index contributed by atoms with van der Waals surface area (Å²) in [6, 6.07) is 3.34. The Morgan fingerprint density at radius 1 is 1.12 bits per heavy atom. The van der Waals surface area contributed by atoms with Crippen molar-refractivity contribution in [3.05, 3.63) is 12.2 Å². The second-order valence-corrected chi connectivity index (χ2v) is 0.844. The lowest BCUT2D eigenvalue weighted by molar-refractivity contribution is 1.53. The minimum atomic E-state index is 1.21. The molecule has 0 aromatic heterocycles. The molecule has 0 amide bonds. The fourth-order valence-corrected chi connectivity index (χ4v) is 0.153. The van der Waals surface area contributed by atoms with E-state index in [9.17, 15) is 0 Å². The first-order valence-electron chi connectivity index (χ1n) is 1.86. The van der Waals surface area contributed by atoms with Crippen molar-refractivity contribution in [1.29, 1.82) is 10.5 Å². The summed E-state index contributed by atoms with van der Waals surface area (Å²) >= 11 is 0. The van der Waals surface area contributed by atoms with Gasteiger partial charge in [0, 0.05) is 12.0 Å². The lowest BCUT2D eigenvalue weighted by atomic mass is 10.5. The first kappa shape index (κ1) is 6.28. The zero-order chi connectivity index (χ0) is 6.24. The number of hydrogen-bond donors (Lipinski definition) is 0. The van der Waals surface area contributed by atoms with Gasteiger partial charge < -0.3 is 0 Å². The molecule has 0 heterocycles. The second-order valence-electron chi connectivity index (χ2n) is 0.844. The molecule has 0 atom stereocenters. The van der Waals surface area contributed by atoms with E-state index in [1.54, 1.807) is 12.1 Å². The molecule has 36 valence electrons. The van der Waals surface area contributed by atoms with Gasteiger partial charge in [0.1, 0.15) is 0 Å². The normalized spacial score (nSPS) is 6.25. The lowest BCUT2D eigenvalue weighted by Crippen LogP contribution is -1.47. The summed E-state index contributed by atoms with van der Waals surface area (Å²) in [5.74, 6) is 4.42. The summed E-state index contributed by atoms with van der Waals surface area (Å²) < 4.78 is 0. The van der Waals surface area contributed by atoms with Crippen LogP contribution in [0, 0.1) is 34.5 Å². The molecule has 2 heteroatoms. The van der Waals surface area contributed by atoms with Gasteiger partial charge in [0.2, 0.25) is 0 Å². The SMILES string of the molecule is N#CC#C/C=C/C#N. The highest BCUT2D eigenvalue weighted by Crippen LogP contribution is 1.62. The third-order valence-corrected chi connectivity index (χ3v) is 0.369. The molecule has 0 saturated heterocycles. The van der Waals surface area contributed by atoms with Crippen molar-refractivity contribution >= 4 is 0 Å². The van der Waals surface area contributed by atoms with E-state index in [-0.39, 0.29) is 0 Å². The molecule has 0 rings (SSSR count). The van der Waals surface area contributed by atoms with Crippen molar-refractivity contribution in [1.82, 2.24) is 0 Å². The summed E-state index contributed by atoms with van der Waals surface area (Å²) in [7, 11) is 0. The Morgan fingerprint density at radius 3 is 2.38 bits per heavy atom. The largest absolute Gasteiger partial charge is 0.193 e. The Bertz CT molecular complexity index is 214. The van der Waals surface area contributed by atoms with Crippen LogP contribution in [0.5, 0.6) is 0 Å². The maximum atomic E-state index is 7.88. The molecular weight excluding hydrogens is 100 g/mol. The number of allylic oxidation sites excluding steroid dienone is 2. The molecule has 0 fully saturated rings. The van der Waals surface area contributed by atoms with Crippen LogP contribution in [0.15, 0.2) is 12.2 Å². The molecule has 2 nitrogen and oxygen atoms in total. The van der Waals surface area contributed by atoms with E-state index < -0.39 is 0 Å². The van der Waals surface area contributed by atoms with Crippen molar-refractivity contribution in [2.45, 2.75) is 0 Å². The highest BCUT2D eigenvalue weighted by atomic mass is 14.2. The van der Waals surface area contributed by atoms with Gasteiger partial charge in [-0.05, 0) is 6.08 Å². The van der Waals surface area contributed by atoms with Crippen LogP contribution in [0.25, 0.3) is 0 Å². The Morgan fingerprint density at radius 2 is 1.88 bits per heavy atom. The van der Waals surface area contributed by atoms with E-state index in [0.717, 1.165) is 0 Å². The topological polar surface area (TPSA) is 47.6 Å². The summed E-state index contributed by atoms with van der Waals surface area (Å²) in [6.07, 6.45) is 2.54.